The van der Waals surface area contributed by atoms with E-state index in [1.54, 1.807) is 0 Å². The second-order valence-corrected chi connectivity index (χ2v) is 6.01. The van der Waals surface area contributed by atoms with Crippen molar-refractivity contribution in [1.29, 1.82) is 0 Å². The first-order valence-electron chi connectivity index (χ1n) is 8.19. The van der Waals surface area contributed by atoms with Gasteiger partial charge < -0.3 is 9.73 Å². The first-order valence-corrected chi connectivity index (χ1v) is 8.19. The molecule has 4 aromatic rings. The zero-order chi connectivity index (χ0) is 17.2. The molecule has 0 aliphatic rings. The number of aromatic nitrogens is 3. The third-order valence-electron chi connectivity index (χ3n) is 4.03. The highest BCUT2D eigenvalue weighted by Crippen LogP contribution is 2.25. The second kappa shape index (κ2) is 6.36. The summed E-state index contributed by atoms with van der Waals surface area (Å²) in [6.07, 6.45) is 0. The largest absolute Gasteiger partial charge is 0.417 e. The van der Waals surface area contributed by atoms with Crippen LogP contribution in [0.4, 0.5) is 5.95 Å². The van der Waals surface area contributed by atoms with Crippen LogP contribution < -0.4 is 5.32 Å². The number of benzene rings is 2. The monoisotopic (exact) mass is 330 g/mol. The van der Waals surface area contributed by atoms with Crippen molar-refractivity contribution in [3.05, 3.63) is 71.4 Å². The minimum absolute atomic E-state index is 0.498. The van der Waals surface area contributed by atoms with Crippen LogP contribution in [-0.2, 0) is 6.54 Å². The van der Waals surface area contributed by atoms with Crippen molar-refractivity contribution in [2.45, 2.75) is 20.4 Å². The number of rotatable bonds is 4. The summed E-state index contributed by atoms with van der Waals surface area (Å²) in [4.78, 5) is 13.5. The van der Waals surface area contributed by atoms with Crippen LogP contribution >= 0.6 is 0 Å². The van der Waals surface area contributed by atoms with Crippen molar-refractivity contribution >= 4 is 17.2 Å². The molecular weight excluding hydrogens is 312 g/mol. The molecule has 0 unspecified atom stereocenters. The van der Waals surface area contributed by atoms with E-state index in [-0.39, 0.29) is 0 Å². The Kier molecular flexibility index (Phi) is 3.90. The first kappa shape index (κ1) is 15.3. The van der Waals surface area contributed by atoms with Gasteiger partial charge in [0.2, 0.25) is 11.8 Å². The summed E-state index contributed by atoms with van der Waals surface area (Å²) in [5.74, 6) is 1.10. The fraction of sp³-hybridized carbons (Fsp3) is 0.150. The highest BCUT2D eigenvalue weighted by Gasteiger charge is 2.13. The van der Waals surface area contributed by atoms with Crippen molar-refractivity contribution in [2.75, 3.05) is 5.32 Å². The summed E-state index contributed by atoms with van der Waals surface area (Å²) in [5, 5.41) is 3.25. The molecule has 0 saturated carbocycles. The van der Waals surface area contributed by atoms with Crippen LogP contribution in [0.5, 0.6) is 0 Å². The lowest BCUT2D eigenvalue weighted by Gasteiger charge is -2.05. The van der Waals surface area contributed by atoms with Gasteiger partial charge in [-0.3, -0.25) is 0 Å². The third kappa shape index (κ3) is 3.21. The highest BCUT2D eigenvalue weighted by atomic mass is 16.4. The maximum Gasteiger partial charge on any atom is 0.252 e. The van der Waals surface area contributed by atoms with Gasteiger partial charge in [-0.05, 0) is 31.5 Å². The second-order valence-electron chi connectivity index (χ2n) is 6.01. The van der Waals surface area contributed by atoms with E-state index in [0.717, 1.165) is 11.3 Å². The van der Waals surface area contributed by atoms with Gasteiger partial charge in [0.1, 0.15) is 0 Å². The number of nitrogens with one attached hydrogen (secondary N) is 1. The van der Waals surface area contributed by atoms with E-state index in [0.29, 0.717) is 29.6 Å². The number of oxazole rings is 1. The molecule has 124 valence electrons. The quantitative estimate of drug-likeness (QED) is 0.596. The predicted molar refractivity (Wildman–Crippen MR) is 98.3 cm³/mol. The SMILES string of the molecule is Cc1ccc(CNc2nc(C)c3nc(-c4ccccc4)oc3n2)cc1. The number of aryl methyl sites for hydroxylation is 2. The van der Waals surface area contributed by atoms with E-state index < -0.39 is 0 Å². The van der Waals surface area contributed by atoms with E-state index in [1.807, 2.05) is 37.3 Å². The van der Waals surface area contributed by atoms with Crippen molar-refractivity contribution in [3.63, 3.8) is 0 Å². The molecule has 1 N–H and O–H groups in total. The molecule has 0 bridgehead atoms. The average molecular weight is 330 g/mol. The zero-order valence-corrected chi connectivity index (χ0v) is 14.2. The topological polar surface area (TPSA) is 63.8 Å². The van der Waals surface area contributed by atoms with Crippen molar-refractivity contribution in [1.82, 2.24) is 15.0 Å². The van der Waals surface area contributed by atoms with Gasteiger partial charge in [0.05, 0.1) is 5.69 Å². The lowest BCUT2D eigenvalue weighted by Crippen LogP contribution is -2.04. The van der Waals surface area contributed by atoms with Crippen LogP contribution in [0.3, 0.4) is 0 Å². The first-order chi connectivity index (χ1) is 12.2. The number of hydrogen-bond acceptors (Lipinski definition) is 5. The normalized spacial score (nSPS) is 11.0. The Balaban J connectivity index is 1.61. The van der Waals surface area contributed by atoms with Crippen LogP contribution in [-0.4, -0.2) is 15.0 Å². The maximum absolute atomic E-state index is 5.84. The van der Waals surface area contributed by atoms with E-state index in [2.05, 4.69) is 51.5 Å². The van der Waals surface area contributed by atoms with Crippen LogP contribution in [0.15, 0.2) is 59.0 Å². The molecule has 2 aromatic heterocycles. The Morgan fingerprint density at radius 1 is 0.880 bits per heavy atom. The summed E-state index contributed by atoms with van der Waals surface area (Å²) >= 11 is 0. The molecule has 5 heteroatoms. The summed E-state index contributed by atoms with van der Waals surface area (Å²) in [5.41, 5.74) is 5.33. The molecule has 0 aliphatic carbocycles. The average Bonchev–Trinajstić information content (AvgIpc) is 3.07. The van der Waals surface area contributed by atoms with Crippen LogP contribution in [0.1, 0.15) is 16.8 Å². The lowest BCUT2D eigenvalue weighted by atomic mass is 10.1. The molecule has 0 saturated heterocycles. The summed E-state index contributed by atoms with van der Waals surface area (Å²) in [7, 11) is 0. The van der Waals surface area contributed by atoms with Crippen LogP contribution in [0.2, 0.25) is 0 Å². The molecule has 4 rings (SSSR count). The van der Waals surface area contributed by atoms with Gasteiger partial charge in [0.25, 0.3) is 5.71 Å². The summed E-state index contributed by atoms with van der Waals surface area (Å²) < 4.78 is 5.84. The lowest BCUT2D eigenvalue weighted by molar-refractivity contribution is 0.607. The molecule has 0 fully saturated rings. The van der Waals surface area contributed by atoms with Crippen molar-refractivity contribution in [3.8, 4) is 11.5 Å². The van der Waals surface area contributed by atoms with E-state index in [1.165, 1.54) is 11.1 Å². The van der Waals surface area contributed by atoms with Gasteiger partial charge in [-0.2, -0.15) is 4.98 Å². The molecule has 0 atom stereocenters. The Morgan fingerprint density at radius 3 is 2.40 bits per heavy atom. The smallest absolute Gasteiger partial charge is 0.252 e. The Morgan fingerprint density at radius 2 is 1.64 bits per heavy atom. The third-order valence-corrected chi connectivity index (χ3v) is 4.03. The number of fused-ring (bicyclic) bond motifs is 1. The predicted octanol–water partition coefficient (Wildman–Crippen LogP) is 4.51. The molecule has 5 nitrogen and oxygen atoms in total. The minimum Gasteiger partial charge on any atom is -0.417 e. The summed E-state index contributed by atoms with van der Waals surface area (Å²) in [6.45, 7) is 4.65. The highest BCUT2D eigenvalue weighted by molar-refractivity contribution is 5.75. The van der Waals surface area contributed by atoms with E-state index in [4.69, 9.17) is 4.42 Å². The molecule has 0 aliphatic heterocycles. The summed E-state index contributed by atoms with van der Waals surface area (Å²) in [6, 6.07) is 18.2. The number of anilines is 1. The van der Waals surface area contributed by atoms with Gasteiger partial charge in [-0.1, -0.05) is 48.0 Å². The maximum atomic E-state index is 5.84. The van der Waals surface area contributed by atoms with Crippen molar-refractivity contribution < 1.29 is 4.42 Å². The van der Waals surface area contributed by atoms with E-state index >= 15 is 0 Å². The fourth-order valence-electron chi connectivity index (χ4n) is 2.63. The molecule has 0 amide bonds. The number of hydrogen-bond donors (Lipinski definition) is 1. The molecule has 2 heterocycles. The minimum atomic E-state index is 0.498. The molecule has 0 radical (unpaired) electrons. The van der Waals surface area contributed by atoms with Gasteiger partial charge in [0, 0.05) is 12.1 Å². The van der Waals surface area contributed by atoms with Gasteiger partial charge in [-0.15, -0.1) is 0 Å². The molecular formula is C20H18N4O. The van der Waals surface area contributed by atoms with Gasteiger partial charge in [0.15, 0.2) is 5.52 Å². The molecule has 25 heavy (non-hydrogen) atoms. The standard InChI is InChI=1S/C20H18N4O/c1-13-8-10-15(11-9-13)12-21-20-22-14(2)17-19(24-20)25-18(23-17)16-6-4-3-5-7-16/h3-11H,12H2,1-2H3,(H,21,22,24). The van der Waals surface area contributed by atoms with Gasteiger partial charge in [-0.25, -0.2) is 9.97 Å². The fourth-order valence-corrected chi connectivity index (χ4v) is 2.63. The van der Waals surface area contributed by atoms with Crippen molar-refractivity contribution in [2.24, 2.45) is 0 Å². The molecule has 2 aromatic carbocycles. The van der Waals surface area contributed by atoms with E-state index in [9.17, 15) is 0 Å². The van der Waals surface area contributed by atoms with Crippen LogP contribution in [0, 0.1) is 13.8 Å². The van der Waals surface area contributed by atoms with Crippen LogP contribution in [0.25, 0.3) is 22.7 Å². The van der Waals surface area contributed by atoms with Gasteiger partial charge >= 0.3 is 0 Å². The Bertz CT molecular complexity index is 1010. The molecule has 0 spiro atoms. The zero-order valence-electron chi connectivity index (χ0n) is 14.2. The Labute approximate surface area is 145 Å². The number of nitrogens with zero attached hydrogens (tertiary/aromatic N) is 3. The Hall–Kier alpha value is -3.21.